The molecule has 0 aromatic carbocycles. The first kappa shape index (κ1) is 16.3. The smallest absolute Gasteiger partial charge is 0.329 e. The molecule has 0 aliphatic carbocycles. The van der Waals surface area contributed by atoms with Gasteiger partial charge in [-0.2, -0.15) is 0 Å². The van der Waals surface area contributed by atoms with Crippen LogP contribution in [-0.4, -0.2) is 57.9 Å². The molecule has 1 N–H and O–H groups in total. The van der Waals surface area contributed by atoms with Crippen LogP contribution in [0.2, 0.25) is 0 Å². The highest BCUT2D eigenvalue weighted by atomic mass is 32.2. The Hall–Kier alpha value is -1.12. The molecule has 0 radical (unpaired) electrons. The van der Waals surface area contributed by atoms with E-state index < -0.39 is 11.6 Å². The van der Waals surface area contributed by atoms with Crippen molar-refractivity contribution in [2.75, 3.05) is 25.4 Å². The number of carboxylic acids is 1. The van der Waals surface area contributed by atoms with Crippen LogP contribution in [0.25, 0.3) is 0 Å². The third kappa shape index (κ3) is 4.69. The highest BCUT2D eigenvalue weighted by Crippen LogP contribution is 2.25. The molecule has 0 unspecified atom stereocenters. The van der Waals surface area contributed by atoms with E-state index in [1.807, 2.05) is 19.2 Å². The number of amides is 1. The van der Waals surface area contributed by atoms with Gasteiger partial charge in [-0.05, 0) is 13.8 Å². The quantitative estimate of drug-likeness (QED) is 0.814. The van der Waals surface area contributed by atoms with Crippen molar-refractivity contribution in [2.45, 2.75) is 25.2 Å². The van der Waals surface area contributed by atoms with Crippen LogP contribution in [-0.2, 0) is 20.1 Å². The van der Waals surface area contributed by atoms with E-state index in [1.165, 1.54) is 0 Å². The van der Waals surface area contributed by atoms with E-state index in [2.05, 4.69) is 4.98 Å². The highest BCUT2D eigenvalue weighted by Gasteiger charge is 2.42. The van der Waals surface area contributed by atoms with E-state index in [1.54, 1.807) is 28.0 Å². The van der Waals surface area contributed by atoms with Crippen LogP contribution in [0.1, 0.15) is 17.6 Å². The Balaban J connectivity index is 1.65. The van der Waals surface area contributed by atoms with Crippen molar-refractivity contribution in [1.29, 1.82) is 0 Å². The fraction of sp³-hybridized carbons (Fsp3) is 0.615. The molecular formula is C13H18N2O4S2. The third-order valence-corrected chi connectivity index (χ3v) is 4.86. The maximum atomic E-state index is 12.0. The van der Waals surface area contributed by atoms with Crippen molar-refractivity contribution in [1.82, 2.24) is 9.88 Å². The number of aromatic nitrogens is 1. The number of thioether (sulfide) groups is 1. The summed E-state index contributed by atoms with van der Waals surface area (Å²) in [5, 5.41) is 11.6. The van der Waals surface area contributed by atoms with Gasteiger partial charge in [0.1, 0.15) is 12.2 Å². The monoisotopic (exact) mass is 330 g/mol. The third-order valence-electron chi connectivity index (χ3n) is 3.09. The van der Waals surface area contributed by atoms with Gasteiger partial charge in [0, 0.05) is 11.1 Å². The summed E-state index contributed by atoms with van der Waals surface area (Å²) in [4.78, 5) is 28.5. The summed E-state index contributed by atoms with van der Waals surface area (Å²) >= 11 is 3.15. The van der Waals surface area contributed by atoms with Gasteiger partial charge in [0.05, 0.1) is 29.5 Å². The van der Waals surface area contributed by atoms with E-state index in [-0.39, 0.29) is 12.5 Å². The molecule has 2 heterocycles. The molecule has 0 atom stereocenters. The van der Waals surface area contributed by atoms with Crippen molar-refractivity contribution >= 4 is 35.0 Å². The topological polar surface area (TPSA) is 79.7 Å². The molecule has 1 aromatic rings. The zero-order chi connectivity index (χ0) is 15.5. The molecule has 1 aromatic heterocycles. The van der Waals surface area contributed by atoms with Crippen LogP contribution >= 0.6 is 23.1 Å². The minimum atomic E-state index is -0.991. The Morgan fingerprint density at radius 1 is 1.57 bits per heavy atom. The molecule has 2 rings (SSSR count). The van der Waals surface area contributed by atoms with Crippen molar-refractivity contribution in [3.8, 4) is 0 Å². The van der Waals surface area contributed by atoms with Gasteiger partial charge in [-0.1, -0.05) is 0 Å². The molecule has 116 valence electrons. The minimum absolute atomic E-state index is 0.0587. The van der Waals surface area contributed by atoms with E-state index in [0.29, 0.717) is 18.8 Å². The highest BCUT2D eigenvalue weighted by molar-refractivity contribution is 7.99. The lowest BCUT2D eigenvalue weighted by atomic mass is 9.96. The normalized spacial score (nSPS) is 16.6. The Labute approximate surface area is 131 Å². The number of carbonyl (C=O) groups is 2. The second-order valence-electron chi connectivity index (χ2n) is 5.23. The van der Waals surface area contributed by atoms with E-state index >= 15 is 0 Å². The van der Waals surface area contributed by atoms with Crippen molar-refractivity contribution in [2.24, 2.45) is 0 Å². The van der Waals surface area contributed by atoms with Gasteiger partial charge in [-0.15, -0.1) is 23.1 Å². The standard InChI is InChI=1S/C13H18N2O4S2/c1-9-14-10(5-21-9)4-20-6-11(16)15-7-13(2,8-15)19-3-12(17)18/h5H,3-4,6-8H2,1-2H3,(H,17,18). The van der Waals surface area contributed by atoms with Gasteiger partial charge in [0.25, 0.3) is 0 Å². The average molecular weight is 330 g/mol. The Morgan fingerprint density at radius 3 is 2.86 bits per heavy atom. The molecule has 1 fully saturated rings. The Bertz CT molecular complexity index is 526. The van der Waals surface area contributed by atoms with Gasteiger partial charge in [-0.3, -0.25) is 4.79 Å². The molecule has 0 saturated carbocycles. The maximum Gasteiger partial charge on any atom is 0.329 e. The van der Waals surface area contributed by atoms with Crippen LogP contribution in [0, 0.1) is 6.92 Å². The van der Waals surface area contributed by atoms with E-state index in [9.17, 15) is 9.59 Å². The number of carbonyl (C=O) groups excluding carboxylic acids is 1. The van der Waals surface area contributed by atoms with Crippen LogP contribution in [0.3, 0.4) is 0 Å². The zero-order valence-electron chi connectivity index (χ0n) is 12.0. The first-order chi connectivity index (χ1) is 9.88. The lowest BCUT2D eigenvalue weighted by Crippen LogP contribution is -2.63. The molecule has 1 aliphatic rings. The number of hydrogen-bond acceptors (Lipinski definition) is 6. The van der Waals surface area contributed by atoms with E-state index in [0.717, 1.165) is 16.5 Å². The van der Waals surface area contributed by atoms with Crippen molar-refractivity contribution < 1.29 is 19.4 Å². The molecular weight excluding hydrogens is 312 g/mol. The van der Waals surface area contributed by atoms with Crippen LogP contribution in [0.15, 0.2) is 5.38 Å². The number of aryl methyl sites for hydroxylation is 1. The summed E-state index contributed by atoms with van der Waals surface area (Å²) in [5.74, 6) is 0.209. The number of nitrogens with zero attached hydrogens (tertiary/aromatic N) is 2. The van der Waals surface area contributed by atoms with Crippen molar-refractivity contribution in [3.05, 3.63) is 16.1 Å². The molecule has 0 spiro atoms. The predicted octanol–water partition coefficient (Wildman–Crippen LogP) is 1.39. The van der Waals surface area contributed by atoms with Gasteiger partial charge < -0.3 is 14.7 Å². The van der Waals surface area contributed by atoms with Crippen LogP contribution < -0.4 is 0 Å². The summed E-state index contributed by atoms with van der Waals surface area (Å²) in [6.07, 6.45) is 0. The summed E-state index contributed by atoms with van der Waals surface area (Å²) in [6.45, 7) is 4.37. The van der Waals surface area contributed by atoms with Gasteiger partial charge in [-0.25, -0.2) is 9.78 Å². The number of likely N-dealkylation sites (tertiary alicyclic amines) is 1. The van der Waals surface area contributed by atoms with Gasteiger partial charge in [0.15, 0.2) is 0 Å². The first-order valence-electron chi connectivity index (χ1n) is 6.50. The summed E-state index contributed by atoms with van der Waals surface area (Å²) in [7, 11) is 0. The van der Waals surface area contributed by atoms with Gasteiger partial charge >= 0.3 is 5.97 Å². The molecule has 1 saturated heterocycles. The molecule has 1 aliphatic heterocycles. The average Bonchev–Trinajstić information content (AvgIpc) is 2.78. The zero-order valence-corrected chi connectivity index (χ0v) is 13.6. The second kappa shape index (κ2) is 6.76. The first-order valence-corrected chi connectivity index (χ1v) is 8.54. The number of rotatable bonds is 7. The van der Waals surface area contributed by atoms with Crippen LogP contribution in [0.4, 0.5) is 0 Å². The van der Waals surface area contributed by atoms with E-state index in [4.69, 9.17) is 9.84 Å². The fourth-order valence-electron chi connectivity index (χ4n) is 2.07. The Morgan fingerprint density at radius 2 is 2.29 bits per heavy atom. The molecule has 6 nitrogen and oxygen atoms in total. The lowest BCUT2D eigenvalue weighted by molar-refractivity contribution is -0.171. The number of thiazole rings is 1. The van der Waals surface area contributed by atoms with Crippen LogP contribution in [0.5, 0.6) is 0 Å². The lowest BCUT2D eigenvalue weighted by Gasteiger charge is -2.47. The summed E-state index contributed by atoms with van der Waals surface area (Å²) in [5.41, 5.74) is 0.485. The number of hydrogen-bond donors (Lipinski definition) is 1. The largest absolute Gasteiger partial charge is 0.480 e. The van der Waals surface area contributed by atoms with Gasteiger partial charge in [0.2, 0.25) is 5.91 Å². The van der Waals surface area contributed by atoms with Crippen molar-refractivity contribution in [3.63, 3.8) is 0 Å². The summed E-state index contributed by atoms with van der Waals surface area (Å²) < 4.78 is 5.27. The number of aliphatic carboxylic acids is 1. The molecule has 21 heavy (non-hydrogen) atoms. The molecule has 8 heteroatoms. The predicted molar refractivity (Wildman–Crippen MR) is 81.6 cm³/mol. The number of ether oxygens (including phenoxy) is 1. The molecule has 1 amide bonds. The molecule has 0 bridgehead atoms. The Kier molecular flexibility index (Phi) is 5.23. The number of carboxylic acid groups (broad SMARTS) is 1. The second-order valence-corrected chi connectivity index (χ2v) is 7.28. The minimum Gasteiger partial charge on any atom is -0.480 e. The summed E-state index contributed by atoms with van der Waals surface area (Å²) in [6, 6.07) is 0. The fourth-order valence-corrected chi connectivity index (χ4v) is 3.61. The maximum absolute atomic E-state index is 12.0. The SMILES string of the molecule is Cc1nc(CSCC(=O)N2CC(C)(OCC(=O)O)C2)cs1.